The molecule has 5 N–H and O–H groups in total. The lowest BCUT2D eigenvalue weighted by atomic mass is 9.96. The number of aromatic nitrogens is 5. The molecule has 17 nitrogen and oxygen atoms in total. The Labute approximate surface area is 477 Å². The van der Waals surface area contributed by atoms with Crippen LogP contribution in [0.4, 0.5) is 28.4 Å². The molecule has 6 atom stereocenters. The molecule has 3 aromatic heterocycles. The maximum Gasteiger partial charge on any atom is 0.319 e. The molecule has 2 amide bonds. The first-order valence-corrected chi connectivity index (χ1v) is 27.9. The summed E-state index contributed by atoms with van der Waals surface area (Å²) in [5.41, 5.74) is 9.42. The van der Waals surface area contributed by atoms with Gasteiger partial charge in [-0.05, 0) is 78.6 Å². The molecular formula is C59H56ClF4N11O6S. The normalized spacial score (nSPS) is 17.9. The molecule has 82 heavy (non-hydrogen) atoms. The number of nitrogens with one attached hydrogen (secondary N) is 2. The number of thiophene rings is 1. The highest BCUT2D eigenvalue weighted by atomic mass is 35.5. The second-order valence-corrected chi connectivity index (χ2v) is 22.5. The number of methoxy groups -OCH3 is 1. The molecule has 0 aliphatic carbocycles. The van der Waals surface area contributed by atoms with Crippen LogP contribution in [0.25, 0.3) is 54.5 Å². The van der Waals surface area contributed by atoms with Crippen LogP contribution >= 0.6 is 22.9 Å². The van der Waals surface area contributed by atoms with Gasteiger partial charge in [-0.25, -0.2) is 22.2 Å². The number of fused-ring (bicyclic) bond motifs is 4. The van der Waals surface area contributed by atoms with Crippen molar-refractivity contribution in [1.29, 1.82) is 5.26 Å². The fraction of sp³-hybridized carbons (Fsp3) is 0.339. The summed E-state index contributed by atoms with van der Waals surface area (Å²) < 4.78 is 78.8. The Bertz CT molecular complexity index is 3810. The Balaban J connectivity index is 0.852. The molecule has 3 saturated heterocycles. The lowest BCUT2D eigenvalue weighted by Crippen LogP contribution is -2.50. The number of ether oxygens (including phenoxy) is 3. The van der Waals surface area contributed by atoms with Crippen LogP contribution in [0, 0.1) is 40.5 Å². The van der Waals surface area contributed by atoms with E-state index in [9.17, 15) is 33.1 Å². The fourth-order valence-corrected chi connectivity index (χ4v) is 12.5. The minimum absolute atomic E-state index is 0.00987. The number of aliphatic hydroxyl groups excluding tert-OH is 1. The first-order valence-electron chi connectivity index (χ1n) is 26.8. The Kier molecular flexibility index (Phi) is 15.8. The van der Waals surface area contributed by atoms with Crippen LogP contribution in [-0.2, 0) is 20.9 Å². The van der Waals surface area contributed by atoms with E-state index >= 15 is 4.39 Å². The summed E-state index contributed by atoms with van der Waals surface area (Å²) in [5, 5.41) is 37.2. The van der Waals surface area contributed by atoms with E-state index in [0.29, 0.717) is 82.1 Å². The molecular weight excluding hydrogens is 1100 g/mol. The number of carbonyl (C=O) groups is 2. The molecule has 6 heterocycles. The van der Waals surface area contributed by atoms with Crippen LogP contribution in [-0.4, -0.2) is 111 Å². The molecule has 5 unspecified atom stereocenters. The largest absolute Gasteiger partial charge is 0.486 e. The van der Waals surface area contributed by atoms with Gasteiger partial charge in [0.1, 0.15) is 65.0 Å². The van der Waals surface area contributed by atoms with Crippen molar-refractivity contribution in [1.82, 2.24) is 40.5 Å². The Hall–Kier alpha value is -7.94. The number of hydrogen-bond acceptors (Lipinski definition) is 15. The number of halogens is 5. The molecule has 3 fully saturated rings. The van der Waals surface area contributed by atoms with E-state index in [1.807, 2.05) is 45.0 Å². The molecule has 0 spiro atoms. The third-order valence-corrected chi connectivity index (χ3v) is 16.9. The molecule has 11 rings (SSSR count). The van der Waals surface area contributed by atoms with Crippen molar-refractivity contribution < 1.29 is 46.5 Å². The van der Waals surface area contributed by atoms with Gasteiger partial charge in [0.05, 0.1) is 45.8 Å². The highest BCUT2D eigenvalue weighted by Gasteiger charge is 2.42. The highest BCUT2D eigenvalue weighted by Crippen LogP contribution is 2.50. The SMILES string of the molecule is CO[C@@H](C)COc1nc(N2CC3CC2CN3)c2cc(Cl)c(-c3ccc(F)c4sc(N)c(C#N)c34)c(OCc3ccc(-c4cn(C(C(=O)N5CCCC5C(=O)NC(CO)c5ccc(-c6c(F)ccc(F)c6F)cc5)C(C)C)nn4)cc3)c2n1. The number of anilines is 2. The monoisotopic (exact) mass is 1160 g/mol. The number of nitrogens with two attached hydrogens (primary N) is 1. The number of aliphatic hydroxyl groups is 1. The zero-order chi connectivity index (χ0) is 57.7. The third kappa shape index (κ3) is 10.5. The van der Waals surface area contributed by atoms with Gasteiger partial charge in [0.2, 0.25) is 11.8 Å². The first-order chi connectivity index (χ1) is 39.5. The zero-order valence-electron chi connectivity index (χ0n) is 44.9. The van der Waals surface area contributed by atoms with Crippen molar-refractivity contribution in [2.24, 2.45) is 5.92 Å². The third-order valence-electron chi connectivity index (χ3n) is 15.5. The summed E-state index contributed by atoms with van der Waals surface area (Å²) in [6, 6.07) is 19.3. The number of likely N-dealkylation sites (tertiary alicyclic amines) is 1. The molecule has 23 heteroatoms. The second-order valence-electron chi connectivity index (χ2n) is 21.1. The van der Waals surface area contributed by atoms with Gasteiger partial charge in [0, 0.05) is 60.7 Å². The minimum Gasteiger partial charge on any atom is -0.486 e. The molecule has 8 aromatic rings. The maximum atomic E-state index is 15.5. The van der Waals surface area contributed by atoms with Gasteiger partial charge >= 0.3 is 6.01 Å². The fourth-order valence-electron chi connectivity index (χ4n) is 11.3. The van der Waals surface area contributed by atoms with Gasteiger partial charge in [0.15, 0.2) is 17.4 Å². The van der Waals surface area contributed by atoms with E-state index in [2.05, 4.69) is 31.9 Å². The van der Waals surface area contributed by atoms with Crippen molar-refractivity contribution in [3.63, 3.8) is 0 Å². The second kappa shape index (κ2) is 23.1. The molecule has 3 aliphatic heterocycles. The van der Waals surface area contributed by atoms with Gasteiger partial charge in [-0.1, -0.05) is 85.3 Å². The molecule has 424 valence electrons. The van der Waals surface area contributed by atoms with Crippen LogP contribution in [0.5, 0.6) is 11.8 Å². The van der Waals surface area contributed by atoms with Crippen LogP contribution in [0.2, 0.25) is 5.02 Å². The molecule has 0 saturated carbocycles. The van der Waals surface area contributed by atoms with Gasteiger partial charge < -0.3 is 45.5 Å². The predicted molar refractivity (Wildman–Crippen MR) is 302 cm³/mol. The summed E-state index contributed by atoms with van der Waals surface area (Å²) in [7, 11) is 1.59. The number of rotatable bonds is 18. The molecule has 2 bridgehead atoms. The topological polar surface area (TPSA) is 219 Å². The molecule has 0 radical (unpaired) electrons. The summed E-state index contributed by atoms with van der Waals surface area (Å²) in [5.74, 6) is -4.29. The van der Waals surface area contributed by atoms with E-state index < -0.39 is 59.5 Å². The number of piperazine rings is 1. The number of nitriles is 1. The van der Waals surface area contributed by atoms with E-state index in [-0.39, 0.29) is 80.8 Å². The number of hydrogen-bond donors (Lipinski definition) is 4. The maximum absolute atomic E-state index is 15.5. The van der Waals surface area contributed by atoms with Crippen molar-refractivity contribution in [2.45, 2.75) is 83.0 Å². The average Bonchev–Trinajstić information content (AvgIpc) is 3.98. The lowest BCUT2D eigenvalue weighted by Gasteiger charge is -2.30. The van der Waals surface area contributed by atoms with Crippen LogP contribution < -0.4 is 30.7 Å². The predicted octanol–water partition coefficient (Wildman–Crippen LogP) is 9.68. The smallest absolute Gasteiger partial charge is 0.319 e. The van der Waals surface area contributed by atoms with Gasteiger partial charge in [0.25, 0.3) is 0 Å². The van der Waals surface area contributed by atoms with Crippen LogP contribution in [0.3, 0.4) is 0 Å². The Morgan fingerprint density at radius 1 is 0.976 bits per heavy atom. The number of benzene rings is 5. The van der Waals surface area contributed by atoms with Gasteiger partial charge in [-0.2, -0.15) is 15.2 Å². The van der Waals surface area contributed by atoms with E-state index in [1.165, 1.54) is 39.9 Å². The van der Waals surface area contributed by atoms with Crippen LogP contribution in [0.15, 0.2) is 85.1 Å². The number of amides is 2. The standard InChI is InChI=1S/C59H56ClF4N11O6S/c1-29(2)52(58(78)73-19-5-6-46(73)57(77)68-45(26-76)33-11-13-34(14-12-33)47-41(61)17-18-42(62)50(47)64)75-25-44(71-72-75)32-9-7-31(8-10-32)28-80-53-49(37-15-16-43(63)54-48(37)39(22-65)55(66)82-54)40(60)21-38-51(53)69-59(81-27-30(3)79-4)70-56(38)74-24-35-20-36(74)23-67-35/h7-18,21,25,29-30,35-36,45-46,52,67,76H,5-6,19-20,23-24,26-28,66H2,1-4H3,(H,68,77)/t30-,35?,36?,45?,46?,52?/m0/s1. The average molecular weight is 1160 g/mol. The Morgan fingerprint density at radius 3 is 2.41 bits per heavy atom. The van der Waals surface area contributed by atoms with Crippen LogP contribution in [0.1, 0.15) is 68.8 Å². The molecule has 3 aliphatic rings. The van der Waals surface area contributed by atoms with Crippen molar-refractivity contribution in [2.75, 3.05) is 50.6 Å². The minimum atomic E-state index is -1.33. The summed E-state index contributed by atoms with van der Waals surface area (Å²) >= 11 is 8.33. The quantitative estimate of drug-likeness (QED) is 0.0465. The summed E-state index contributed by atoms with van der Waals surface area (Å²) in [6.45, 7) is 6.99. The summed E-state index contributed by atoms with van der Waals surface area (Å²) in [6.07, 6.45) is 3.24. The molecule has 5 aromatic carbocycles. The first kappa shape index (κ1) is 55.9. The van der Waals surface area contributed by atoms with Crippen molar-refractivity contribution in [3.05, 3.63) is 130 Å². The summed E-state index contributed by atoms with van der Waals surface area (Å²) in [4.78, 5) is 42.1. The van der Waals surface area contributed by atoms with Gasteiger partial charge in [-0.15, -0.1) is 16.4 Å². The van der Waals surface area contributed by atoms with Gasteiger partial charge in [-0.3, -0.25) is 9.59 Å². The zero-order valence-corrected chi connectivity index (χ0v) is 46.5. The van der Waals surface area contributed by atoms with E-state index in [4.69, 9.17) is 41.5 Å². The van der Waals surface area contributed by atoms with Crippen molar-refractivity contribution in [3.8, 4) is 51.3 Å². The lowest BCUT2D eigenvalue weighted by molar-refractivity contribution is -0.142. The van der Waals surface area contributed by atoms with E-state index in [0.717, 1.165) is 35.9 Å². The van der Waals surface area contributed by atoms with Crippen molar-refractivity contribution >= 4 is 66.6 Å². The van der Waals surface area contributed by atoms with E-state index in [1.54, 1.807) is 25.4 Å². The number of carbonyl (C=O) groups excluding carboxylic acids is 2. The number of nitrogens with zero attached hydrogens (tertiary/aromatic N) is 8. The Morgan fingerprint density at radius 2 is 1.72 bits per heavy atom. The highest BCUT2D eigenvalue weighted by molar-refractivity contribution is 7.23. The number of nitrogen functional groups attached to an aromatic ring is 1.